The van der Waals surface area contributed by atoms with Crippen molar-refractivity contribution in [3.05, 3.63) is 113 Å². The van der Waals surface area contributed by atoms with Gasteiger partial charge in [-0.15, -0.1) is 0 Å². The number of benzene rings is 3. The van der Waals surface area contributed by atoms with E-state index in [4.69, 9.17) is 14.2 Å². The maximum atomic E-state index is 15.1. The maximum absolute atomic E-state index is 15.1. The molecule has 5 aromatic rings. The van der Waals surface area contributed by atoms with Crippen LogP contribution in [0.3, 0.4) is 0 Å². The lowest BCUT2D eigenvalue weighted by molar-refractivity contribution is -0.139. The van der Waals surface area contributed by atoms with Crippen molar-refractivity contribution in [3.8, 4) is 11.4 Å². The molecule has 2 aromatic heterocycles. The lowest BCUT2D eigenvalue weighted by Crippen LogP contribution is -2.46. The molecule has 2 saturated heterocycles. The predicted octanol–water partition coefficient (Wildman–Crippen LogP) is 4.87. The molecular weight excluding hydrogens is 670 g/mol. The molecule has 4 aliphatic rings. The summed E-state index contributed by atoms with van der Waals surface area (Å²) in [5, 5.41) is 8.64. The van der Waals surface area contributed by atoms with Gasteiger partial charge < -0.3 is 24.0 Å². The van der Waals surface area contributed by atoms with Gasteiger partial charge in [0.1, 0.15) is 42.0 Å². The summed E-state index contributed by atoms with van der Waals surface area (Å²) in [4.78, 5) is 21.9. The first kappa shape index (κ1) is 32.8. The number of rotatable bonds is 10. The summed E-state index contributed by atoms with van der Waals surface area (Å²) in [7, 11) is 0. The fourth-order valence-electron chi connectivity index (χ4n) is 8.09. The number of piperazine rings is 1. The fraction of sp³-hybridized carbons (Fsp3) is 0.421. The van der Waals surface area contributed by atoms with Crippen molar-refractivity contribution in [1.29, 1.82) is 0 Å². The standard InChI is InChI=1S/C38H40F2N8O4/c1-3-36(19-26(36)2)48-35(49)47(25-43-48)30-7-5-28(6-8-30)44-14-16-45(17-15-44)29-9-11-31(12-10-29)51-34-20-38(34)50-22-37(52-38,21-46-24-41-23-42-46)32-13-4-27(39)18-33(32)40/h4-13,18,23-26,34H,3,14-17,19-22H2,1-2H3/t26-,34+,36?,37?,38-/m1/s1. The Balaban J connectivity index is 0.808. The van der Waals surface area contributed by atoms with Gasteiger partial charge in [0.25, 0.3) is 0 Å². The summed E-state index contributed by atoms with van der Waals surface area (Å²) in [6.07, 6.45) is 6.53. The average molecular weight is 711 g/mol. The van der Waals surface area contributed by atoms with E-state index in [0.717, 1.165) is 62.1 Å². The summed E-state index contributed by atoms with van der Waals surface area (Å²) < 4.78 is 52.7. The minimum atomic E-state index is -1.23. The minimum absolute atomic E-state index is 0.0506. The van der Waals surface area contributed by atoms with Crippen LogP contribution < -0.4 is 20.2 Å². The van der Waals surface area contributed by atoms with Crippen LogP contribution in [0.5, 0.6) is 5.75 Å². The second-order valence-corrected chi connectivity index (χ2v) is 14.5. The lowest BCUT2D eigenvalue weighted by atomic mass is 9.94. The van der Waals surface area contributed by atoms with Crippen LogP contribution in [0.25, 0.3) is 5.69 Å². The molecule has 52 heavy (non-hydrogen) atoms. The Kier molecular flexibility index (Phi) is 7.74. The highest BCUT2D eigenvalue weighted by Crippen LogP contribution is 2.55. The Hall–Kier alpha value is -5.08. The molecule has 2 aliphatic heterocycles. The Labute approximate surface area is 299 Å². The van der Waals surface area contributed by atoms with E-state index in [1.807, 2.05) is 24.3 Å². The van der Waals surface area contributed by atoms with Gasteiger partial charge in [-0.3, -0.25) is 0 Å². The van der Waals surface area contributed by atoms with Crippen LogP contribution in [0.2, 0.25) is 0 Å². The van der Waals surface area contributed by atoms with Crippen molar-refractivity contribution in [2.75, 3.05) is 42.6 Å². The molecule has 0 amide bonds. The second kappa shape index (κ2) is 12.3. The van der Waals surface area contributed by atoms with E-state index in [-0.39, 0.29) is 36.0 Å². The molecule has 14 heteroatoms. The van der Waals surface area contributed by atoms with Gasteiger partial charge in [-0.2, -0.15) is 10.2 Å². The minimum Gasteiger partial charge on any atom is -0.485 e. The van der Waals surface area contributed by atoms with Crippen LogP contribution >= 0.6 is 0 Å². The van der Waals surface area contributed by atoms with E-state index >= 15 is 4.39 Å². The Bertz CT molecular complexity index is 2130. The van der Waals surface area contributed by atoms with E-state index < -0.39 is 23.0 Å². The van der Waals surface area contributed by atoms with E-state index in [0.29, 0.717) is 18.1 Å². The number of hydrogen-bond acceptors (Lipinski definition) is 9. The molecule has 0 N–H and O–H groups in total. The van der Waals surface area contributed by atoms with Gasteiger partial charge >= 0.3 is 5.69 Å². The van der Waals surface area contributed by atoms with Crippen LogP contribution in [0.4, 0.5) is 20.2 Å². The van der Waals surface area contributed by atoms with Gasteiger partial charge in [-0.25, -0.2) is 32.5 Å². The van der Waals surface area contributed by atoms with Crippen LogP contribution in [0, 0.1) is 17.6 Å². The summed E-state index contributed by atoms with van der Waals surface area (Å²) in [6, 6.07) is 19.6. The first-order valence-electron chi connectivity index (χ1n) is 17.9. The topological polar surface area (TPSA) is 105 Å². The van der Waals surface area contributed by atoms with Crippen molar-refractivity contribution in [1.82, 2.24) is 29.1 Å². The highest BCUT2D eigenvalue weighted by Gasteiger charge is 2.68. The molecule has 9 rings (SSSR count). The van der Waals surface area contributed by atoms with Crippen molar-refractivity contribution < 1.29 is 23.0 Å². The summed E-state index contributed by atoms with van der Waals surface area (Å²) in [6.45, 7) is 7.91. The molecule has 2 aliphatic carbocycles. The van der Waals surface area contributed by atoms with Gasteiger partial charge in [-0.05, 0) is 73.4 Å². The molecule has 1 spiro atoms. The number of anilines is 2. The molecule has 3 aromatic carbocycles. The Morgan fingerprint density at radius 2 is 1.56 bits per heavy atom. The highest BCUT2D eigenvalue weighted by molar-refractivity contribution is 5.55. The zero-order valence-electron chi connectivity index (χ0n) is 29.1. The van der Waals surface area contributed by atoms with Gasteiger partial charge in [0.05, 0.1) is 24.4 Å². The summed E-state index contributed by atoms with van der Waals surface area (Å²) in [5.74, 6) is -1.27. The fourth-order valence-corrected chi connectivity index (χ4v) is 8.09. The first-order chi connectivity index (χ1) is 25.2. The second-order valence-electron chi connectivity index (χ2n) is 14.5. The molecule has 4 fully saturated rings. The average Bonchev–Trinajstić information content (AvgIpc) is 3.67. The monoisotopic (exact) mass is 710 g/mol. The molecule has 12 nitrogen and oxygen atoms in total. The number of hydrogen-bond donors (Lipinski definition) is 0. The molecule has 4 heterocycles. The molecule has 5 atom stereocenters. The van der Waals surface area contributed by atoms with E-state index in [1.54, 1.807) is 20.3 Å². The van der Waals surface area contributed by atoms with Crippen LogP contribution in [-0.2, 0) is 27.2 Å². The third-order valence-corrected chi connectivity index (χ3v) is 11.4. The van der Waals surface area contributed by atoms with Gasteiger partial charge in [0.15, 0.2) is 6.10 Å². The number of halogens is 2. The van der Waals surface area contributed by atoms with Crippen molar-refractivity contribution in [2.24, 2.45) is 5.92 Å². The van der Waals surface area contributed by atoms with Gasteiger partial charge in [0.2, 0.25) is 5.79 Å². The quantitative estimate of drug-likeness (QED) is 0.201. The van der Waals surface area contributed by atoms with E-state index in [2.05, 4.69) is 63.1 Å². The zero-order chi connectivity index (χ0) is 35.7. The number of nitrogens with zero attached hydrogens (tertiary/aromatic N) is 8. The van der Waals surface area contributed by atoms with Crippen LogP contribution in [0.1, 0.15) is 38.7 Å². The zero-order valence-corrected chi connectivity index (χ0v) is 29.1. The third-order valence-electron chi connectivity index (χ3n) is 11.4. The smallest absolute Gasteiger partial charge is 0.350 e. The number of ether oxygens (including phenoxy) is 3. The molecule has 0 bridgehead atoms. The van der Waals surface area contributed by atoms with E-state index in [1.165, 1.54) is 24.8 Å². The molecular formula is C38H40F2N8O4. The van der Waals surface area contributed by atoms with Crippen LogP contribution in [-0.4, -0.2) is 73.8 Å². The lowest BCUT2D eigenvalue weighted by Gasteiger charge is -2.37. The maximum Gasteiger partial charge on any atom is 0.350 e. The molecule has 0 radical (unpaired) electrons. The SMILES string of the molecule is CCC1(n2ncn(-c3ccc(N4CCN(c5ccc(O[C@H]6C[C@]67OCC(Cn6cncn6)(c6ccc(F)cc6F)O7)cc5)CC4)cc3)c2=O)C[C@H]1C. The van der Waals surface area contributed by atoms with Gasteiger partial charge in [0, 0.05) is 55.6 Å². The van der Waals surface area contributed by atoms with Crippen molar-refractivity contribution >= 4 is 11.4 Å². The van der Waals surface area contributed by atoms with Crippen molar-refractivity contribution in [3.63, 3.8) is 0 Å². The normalized spacial score (nSPS) is 28.1. The summed E-state index contributed by atoms with van der Waals surface area (Å²) >= 11 is 0. The highest BCUT2D eigenvalue weighted by atomic mass is 19.1. The van der Waals surface area contributed by atoms with Gasteiger partial charge in [-0.1, -0.05) is 19.9 Å². The number of aromatic nitrogens is 6. The predicted molar refractivity (Wildman–Crippen MR) is 188 cm³/mol. The Morgan fingerprint density at radius 3 is 2.17 bits per heavy atom. The Morgan fingerprint density at radius 1 is 0.885 bits per heavy atom. The van der Waals surface area contributed by atoms with E-state index in [9.17, 15) is 9.18 Å². The largest absolute Gasteiger partial charge is 0.485 e. The van der Waals surface area contributed by atoms with Crippen LogP contribution in [0.15, 0.2) is 90.5 Å². The molecule has 2 saturated carbocycles. The van der Waals surface area contributed by atoms with Crippen molar-refractivity contribution in [2.45, 2.75) is 62.7 Å². The first-order valence-corrected chi connectivity index (χ1v) is 17.9. The molecule has 270 valence electrons. The summed E-state index contributed by atoms with van der Waals surface area (Å²) in [5.41, 5.74) is 1.79. The third kappa shape index (κ3) is 5.55. The molecule has 2 unspecified atom stereocenters.